The lowest BCUT2D eigenvalue weighted by molar-refractivity contribution is 0.886. The van der Waals surface area contributed by atoms with Crippen molar-refractivity contribution in [3.8, 4) is 0 Å². The molecule has 0 aliphatic heterocycles. The molecule has 2 rings (SSSR count). The van der Waals surface area contributed by atoms with Crippen molar-refractivity contribution in [2.24, 2.45) is 0 Å². The molecule has 1 heterocycles. The number of thioether (sulfide) groups is 1. The SMILES string of the molecule is Clc1cc(CSC2CCCC2)ccn1. The van der Waals surface area contributed by atoms with Crippen LogP contribution in [0.4, 0.5) is 0 Å². The quantitative estimate of drug-likeness (QED) is 0.727. The molecular weight excluding hydrogens is 214 g/mol. The van der Waals surface area contributed by atoms with E-state index in [-0.39, 0.29) is 0 Å². The Labute approximate surface area is 94.3 Å². The predicted molar refractivity (Wildman–Crippen MR) is 62.8 cm³/mol. The van der Waals surface area contributed by atoms with Gasteiger partial charge < -0.3 is 0 Å². The van der Waals surface area contributed by atoms with E-state index in [1.54, 1.807) is 6.20 Å². The summed E-state index contributed by atoms with van der Waals surface area (Å²) in [5.41, 5.74) is 1.29. The van der Waals surface area contributed by atoms with E-state index in [1.165, 1.54) is 31.2 Å². The first-order chi connectivity index (χ1) is 6.84. The number of halogens is 1. The Bertz CT molecular complexity index is 297. The van der Waals surface area contributed by atoms with Crippen molar-refractivity contribution in [1.82, 2.24) is 4.98 Å². The molecule has 0 spiro atoms. The molecule has 1 fully saturated rings. The molecule has 1 aromatic rings. The van der Waals surface area contributed by atoms with Gasteiger partial charge in [-0.2, -0.15) is 11.8 Å². The van der Waals surface area contributed by atoms with Gasteiger partial charge in [0, 0.05) is 17.2 Å². The van der Waals surface area contributed by atoms with Crippen LogP contribution in [0.1, 0.15) is 31.2 Å². The normalized spacial score (nSPS) is 17.5. The summed E-state index contributed by atoms with van der Waals surface area (Å²) >= 11 is 7.88. The van der Waals surface area contributed by atoms with Crippen molar-refractivity contribution >= 4 is 23.4 Å². The Kier molecular flexibility index (Phi) is 3.71. The first-order valence-electron chi connectivity index (χ1n) is 5.06. The Morgan fingerprint density at radius 3 is 2.93 bits per heavy atom. The average molecular weight is 228 g/mol. The molecule has 0 unspecified atom stereocenters. The largest absolute Gasteiger partial charge is 0.245 e. The third-order valence-corrected chi connectivity index (χ3v) is 4.23. The lowest BCUT2D eigenvalue weighted by Crippen LogP contribution is -1.94. The summed E-state index contributed by atoms with van der Waals surface area (Å²) in [5.74, 6) is 1.08. The molecule has 76 valence electrons. The van der Waals surface area contributed by atoms with E-state index < -0.39 is 0 Å². The summed E-state index contributed by atoms with van der Waals surface area (Å²) in [5, 5.41) is 1.48. The molecule has 0 aromatic carbocycles. The maximum atomic E-state index is 5.82. The van der Waals surface area contributed by atoms with E-state index in [0.29, 0.717) is 5.15 Å². The van der Waals surface area contributed by atoms with E-state index in [0.717, 1.165) is 11.0 Å². The van der Waals surface area contributed by atoms with Crippen LogP contribution in [0.5, 0.6) is 0 Å². The van der Waals surface area contributed by atoms with Crippen molar-refractivity contribution in [2.75, 3.05) is 0 Å². The zero-order valence-corrected chi connectivity index (χ0v) is 9.65. The third kappa shape index (κ3) is 2.89. The van der Waals surface area contributed by atoms with E-state index in [4.69, 9.17) is 11.6 Å². The molecule has 1 aliphatic carbocycles. The molecule has 14 heavy (non-hydrogen) atoms. The Morgan fingerprint density at radius 2 is 2.21 bits per heavy atom. The van der Waals surface area contributed by atoms with Gasteiger partial charge in [-0.05, 0) is 30.5 Å². The standard InChI is InChI=1S/C11H14ClNS/c12-11-7-9(5-6-13-11)8-14-10-3-1-2-4-10/h5-7,10H,1-4,8H2. The monoisotopic (exact) mass is 227 g/mol. The van der Waals surface area contributed by atoms with Gasteiger partial charge in [0.2, 0.25) is 0 Å². The van der Waals surface area contributed by atoms with Crippen LogP contribution in [0.25, 0.3) is 0 Å². The van der Waals surface area contributed by atoms with Gasteiger partial charge >= 0.3 is 0 Å². The molecule has 0 amide bonds. The summed E-state index contributed by atoms with van der Waals surface area (Å²) in [7, 11) is 0. The summed E-state index contributed by atoms with van der Waals surface area (Å²) in [4.78, 5) is 3.98. The second-order valence-electron chi connectivity index (χ2n) is 3.70. The van der Waals surface area contributed by atoms with Crippen molar-refractivity contribution < 1.29 is 0 Å². The van der Waals surface area contributed by atoms with Crippen LogP contribution in [0.3, 0.4) is 0 Å². The maximum absolute atomic E-state index is 5.82. The van der Waals surface area contributed by atoms with Crippen LogP contribution in [-0.4, -0.2) is 10.2 Å². The van der Waals surface area contributed by atoms with Gasteiger partial charge in [0.25, 0.3) is 0 Å². The highest BCUT2D eigenvalue weighted by Gasteiger charge is 2.14. The molecule has 1 aliphatic rings. The van der Waals surface area contributed by atoms with E-state index in [1.807, 2.05) is 12.1 Å². The molecule has 0 saturated heterocycles. The highest BCUT2D eigenvalue weighted by atomic mass is 35.5. The van der Waals surface area contributed by atoms with E-state index >= 15 is 0 Å². The highest BCUT2D eigenvalue weighted by molar-refractivity contribution is 7.99. The average Bonchev–Trinajstić information content (AvgIpc) is 2.67. The van der Waals surface area contributed by atoms with Gasteiger partial charge in [0.05, 0.1) is 0 Å². The van der Waals surface area contributed by atoms with Gasteiger partial charge in [-0.1, -0.05) is 24.4 Å². The molecule has 1 nitrogen and oxygen atoms in total. The lowest BCUT2D eigenvalue weighted by Gasteiger charge is -2.08. The second kappa shape index (κ2) is 5.04. The Hall–Kier alpha value is -0.210. The van der Waals surface area contributed by atoms with Crippen molar-refractivity contribution in [1.29, 1.82) is 0 Å². The summed E-state index contributed by atoms with van der Waals surface area (Å²) in [6.07, 6.45) is 7.39. The number of hydrogen-bond donors (Lipinski definition) is 0. The minimum Gasteiger partial charge on any atom is -0.245 e. The number of pyridine rings is 1. The molecule has 0 radical (unpaired) electrons. The van der Waals surface area contributed by atoms with Crippen LogP contribution in [0.2, 0.25) is 5.15 Å². The zero-order chi connectivity index (χ0) is 9.80. The fraction of sp³-hybridized carbons (Fsp3) is 0.545. The molecule has 3 heteroatoms. The minimum atomic E-state index is 0.606. The molecular formula is C11H14ClNS. The van der Waals surface area contributed by atoms with E-state index in [9.17, 15) is 0 Å². The van der Waals surface area contributed by atoms with Crippen LogP contribution in [-0.2, 0) is 5.75 Å². The lowest BCUT2D eigenvalue weighted by atomic mass is 10.3. The van der Waals surface area contributed by atoms with Gasteiger partial charge in [-0.3, -0.25) is 0 Å². The van der Waals surface area contributed by atoms with E-state index in [2.05, 4.69) is 16.7 Å². The maximum Gasteiger partial charge on any atom is 0.129 e. The zero-order valence-electron chi connectivity index (χ0n) is 8.08. The van der Waals surface area contributed by atoms with Crippen molar-refractivity contribution in [3.05, 3.63) is 29.0 Å². The fourth-order valence-corrected chi connectivity index (χ4v) is 3.27. The number of rotatable bonds is 3. The summed E-state index contributed by atoms with van der Waals surface area (Å²) in [6, 6.07) is 4.01. The molecule has 1 saturated carbocycles. The number of aromatic nitrogens is 1. The molecule has 0 atom stereocenters. The summed E-state index contributed by atoms with van der Waals surface area (Å²) < 4.78 is 0. The third-order valence-electron chi connectivity index (χ3n) is 2.58. The first kappa shape index (κ1) is 10.3. The Balaban J connectivity index is 1.85. The Morgan fingerprint density at radius 1 is 1.43 bits per heavy atom. The topological polar surface area (TPSA) is 12.9 Å². The predicted octanol–water partition coefficient (Wildman–Crippen LogP) is 3.91. The van der Waals surface area contributed by atoms with Gasteiger partial charge in [0.1, 0.15) is 5.15 Å². The van der Waals surface area contributed by atoms with Crippen molar-refractivity contribution in [3.63, 3.8) is 0 Å². The second-order valence-corrected chi connectivity index (χ2v) is 5.38. The molecule has 1 aromatic heterocycles. The van der Waals surface area contributed by atoms with Gasteiger partial charge in [0.15, 0.2) is 0 Å². The number of nitrogens with zero attached hydrogens (tertiary/aromatic N) is 1. The van der Waals surface area contributed by atoms with Crippen LogP contribution < -0.4 is 0 Å². The van der Waals surface area contributed by atoms with Crippen LogP contribution in [0.15, 0.2) is 18.3 Å². The van der Waals surface area contributed by atoms with Crippen LogP contribution in [0, 0.1) is 0 Å². The van der Waals surface area contributed by atoms with Crippen molar-refractivity contribution in [2.45, 2.75) is 36.7 Å². The summed E-state index contributed by atoms with van der Waals surface area (Å²) in [6.45, 7) is 0. The molecule has 0 N–H and O–H groups in total. The minimum absolute atomic E-state index is 0.606. The smallest absolute Gasteiger partial charge is 0.129 e. The first-order valence-corrected chi connectivity index (χ1v) is 6.49. The van der Waals surface area contributed by atoms with Gasteiger partial charge in [-0.15, -0.1) is 0 Å². The fourth-order valence-electron chi connectivity index (χ4n) is 1.80. The van der Waals surface area contributed by atoms with Gasteiger partial charge in [-0.25, -0.2) is 4.98 Å². The number of hydrogen-bond acceptors (Lipinski definition) is 2. The molecule has 0 bridgehead atoms. The highest BCUT2D eigenvalue weighted by Crippen LogP contribution is 2.31. The van der Waals surface area contributed by atoms with Crippen LogP contribution >= 0.6 is 23.4 Å².